The van der Waals surface area contributed by atoms with Gasteiger partial charge >= 0.3 is 0 Å². The zero-order valence-corrected chi connectivity index (χ0v) is 20.8. The first kappa shape index (κ1) is 24.7. The Labute approximate surface area is 215 Å². The van der Waals surface area contributed by atoms with E-state index in [0.29, 0.717) is 38.6 Å². The van der Waals surface area contributed by atoms with Crippen molar-refractivity contribution in [3.05, 3.63) is 72.0 Å². The van der Waals surface area contributed by atoms with Gasteiger partial charge in [0.2, 0.25) is 5.91 Å². The van der Waals surface area contributed by atoms with Crippen molar-refractivity contribution in [1.82, 2.24) is 20.0 Å². The number of nitrogens with zero attached hydrogens (tertiary/aromatic N) is 5. The summed E-state index contributed by atoms with van der Waals surface area (Å²) in [5, 5.41) is 8.79. The summed E-state index contributed by atoms with van der Waals surface area (Å²) in [5.74, 6) is 1.09. The van der Waals surface area contributed by atoms with Crippen LogP contribution in [0.4, 0.5) is 10.2 Å². The molecule has 1 saturated carbocycles. The fraction of sp³-hybridized carbons (Fsp3) is 0.357. The predicted octanol–water partition coefficient (Wildman–Crippen LogP) is 3.49. The predicted molar refractivity (Wildman–Crippen MR) is 138 cm³/mol. The molecule has 0 bridgehead atoms. The summed E-state index contributed by atoms with van der Waals surface area (Å²) in [6.07, 6.45) is 2.11. The second-order valence-electron chi connectivity index (χ2n) is 9.52. The highest BCUT2D eigenvalue weighted by Gasteiger charge is 2.31. The molecule has 1 aromatic heterocycles. The van der Waals surface area contributed by atoms with Crippen LogP contribution in [0.25, 0.3) is 11.3 Å². The normalized spacial score (nSPS) is 15.4. The van der Waals surface area contributed by atoms with Crippen molar-refractivity contribution in [1.29, 1.82) is 0 Å². The standard InChI is InChI=1S/C28H30FN5O3/c1-37-24-7-3-4-21(17-24)25-10-11-26(31-30-25)32-12-14-33(15-13-32)27(35)19-34(18-20-8-9-20)28(36)22-5-2-6-23(29)16-22/h2-7,10-11,16-17,20H,8-9,12-15,18-19H2,1H3. The number of piperazine rings is 1. The molecule has 9 heteroatoms. The first-order valence-electron chi connectivity index (χ1n) is 12.6. The highest BCUT2D eigenvalue weighted by atomic mass is 19.1. The first-order valence-corrected chi connectivity index (χ1v) is 12.6. The lowest BCUT2D eigenvalue weighted by atomic mass is 10.1. The highest BCUT2D eigenvalue weighted by Crippen LogP contribution is 2.30. The minimum Gasteiger partial charge on any atom is -0.497 e. The molecule has 1 saturated heterocycles. The molecule has 0 spiro atoms. The summed E-state index contributed by atoms with van der Waals surface area (Å²) in [5.41, 5.74) is 1.96. The molecule has 0 unspecified atom stereocenters. The molecular formula is C28H30FN5O3. The maximum atomic E-state index is 13.7. The lowest BCUT2D eigenvalue weighted by molar-refractivity contribution is -0.132. The molecule has 2 aliphatic rings. The van der Waals surface area contributed by atoms with Crippen molar-refractivity contribution in [2.45, 2.75) is 12.8 Å². The molecule has 2 amide bonds. The average Bonchev–Trinajstić information content (AvgIpc) is 3.76. The topological polar surface area (TPSA) is 78.9 Å². The third-order valence-corrected chi connectivity index (χ3v) is 6.83. The van der Waals surface area contributed by atoms with E-state index in [1.54, 1.807) is 23.0 Å². The van der Waals surface area contributed by atoms with E-state index in [-0.39, 0.29) is 23.9 Å². The summed E-state index contributed by atoms with van der Waals surface area (Å²) < 4.78 is 19.0. The highest BCUT2D eigenvalue weighted by molar-refractivity contribution is 5.96. The SMILES string of the molecule is COc1cccc(-c2ccc(N3CCN(C(=O)CN(CC4CC4)C(=O)c4cccc(F)c4)CC3)nn2)c1. The number of halogens is 1. The van der Waals surface area contributed by atoms with Crippen LogP contribution in [0.2, 0.25) is 0 Å². The van der Waals surface area contributed by atoms with E-state index >= 15 is 0 Å². The number of rotatable bonds is 8. The maximum absolute atomic E-state index is 13.7. The van der Waals surface area contributed by atoms with Crippen LogP contribution in [0.5, 0.6) is 5.75 Å². The molecule has 2 fully saturated rings. The Hall–Kier alpha value is -4.01. The van der Waals surface area contributed by atoms with Crippen molar-refractivity contribution >= 4 is 17.6 Å². The number of carbonyl (C=O) groups is 2. The summed E-state index contributed by atoms with van der Waals surface area (Å²) in [4.78, 5) is 31.6. The van der Waals surface area contributed by atoms with Gasteiger partial charge in [-0.15, -0.1) is 10.2 Å². The number of hydrogen-bond acceptors (Lipinski definition) is 6. The Morgan fingerprint density at radius 2 is 1.78 bits per heavy atom. The third-order valence-electron chi connectivity index (χ3n) is 6.83. The van der Waals surface area contributed by atoms with Crippen LogP contribution in [-0.4, -0.2) is 78.2 Å². The smallest absolute Gasteiger partial charge is 0.254 e. The number of hydrogen-bond donors (Lipinski definition) is 0. The number of aromatic nitrogens is 2. The number of anilines is 1. The quantitative estimate of drug-likeness (QED) is 0.468. The van der Waals surface area contributed by atoms with E-state index < -0.39 is 5.82 Å². The molecule has 5 rings (SSSR count). The minimum absolute atomic E-state index is 0.000880. The fourth-order valence-corrected chi connectivity index (χ4v) is 4.51. The van der Waals surface area contributed by atoms with Crippen molar-refractivity contribution in [3.8, 4) is 17.0 Å². The largest absolute Gasteiger partial charge is 0.497 e. The number of carbonyl (C=O) groups excluding carboxylic acids is 2. The molecule has 2 heterocycles. The van der Waals surface area contributed by atoms with Crippen molar-refractivity contribution in [3.63, 3.8) is 0 Å². The van der Waals surface area contributed by atoms with Crippen LogP contribution < -0.4 is 9.64 Å². The number of benzene rings is 2. The molecule has 192 valence electrons. The molecule has 0 atom stereocenters. The van der Waals surface area contributed by atoms with Crippen molar-refractivity contribution in [2.75, 3.05) is 51.3 Å². The van der Waals surface area contributed by atoms with Gasteiger partial charge < -0.3 is 19.4 Å². The number of amides is 2. The molecule has 0 N–H and O–H groups in total. The lowest BCUT2D eigenvalue weighted by Gasteiger charge is -2.36. The summed E-state index contributed by atoms with van der Waals surface area (Å²) in [7, 11) is 1.63. The number of ether oxygens (including phenoxy) is 1. The minimum atomic E-state index is -0.459. The second-order valence-corrected chi connectivity index (χ2v) is 9.52. The molecule has 0 radical (unpaired) electrons. The van der Waals surface area contributed by atoms with Crippen molar-refractivity contribution in [2.24, 2.45) is 5.92 Å². The Morgan fingerprint density at radius 3 is 2.46 bits per heavy atom. The summed E-state index contributed by atoms with van der Waals surface area (Å²) >= 11 is 0. The molecule has 1 aliphatic carbocycles. The van der Waals surface area contributed by atoms with Gasteiger partial charge in [-0.1, -0.05) is 18.2 Å². The van der Waals surface area contributed by atoms with Crippen LogP contribution in [0.1, 0.15) is 23.2 Å². The van der Waals surface area contributed by atoms with E-state index in [1.807, 2.05) is 36.4 Å². The first-order chi connectivity index (χ1) is 18.0. The van der Waals surface area contributed by atoms with Crippen LogP contribution in [0.15, 0.2) is 60.7 Å². The zero-order valence-electron chi connectivity index (χ0n) is 20.8. The van der Waals surface area contributed by atoms with Gasteiger partial charge in [-0.25, -0.2) is 4.39 Å². The van der Waals surface area contributed by atoms with E-state index in [0.717, 1.165) is 35.7 Å². The Bertz CT molecular complexity index is 1260. The molecule has 3 aromatic rings. The van der Waals surface area contributed by atoms with Crippen LogP contribution in [-0.2, 0) is 4.79 Å². The van der Waals surface area contributed by atoms with E-state index in [4.69, 9.17) is 4.74 Å². The van der Waals surface area contributed by atoms with Crippen LogP contribution >= 0.6 is 0 Å². The lowest BCUT2D eigenvalue weighted by Crippen LogP contribution is -2.52. The Kier molecular flexibility index (Phi) is 7.30. The van der Waals surface area contributed by atoms with Gasteiger partial charge in [-0.05, 0) is 61.2 Å². The second kappa shape index (κ2) is 10.9. The fourth-order valence-electron chi connectivity index (χ4n) is 4.51. The van der Waals surface area contributed by atoms with Crippen molar-refractivity contribution < 1.29 is 18.7 Å². The van der Waals surface area contributed by atoms with E-state index in [9.17, 15) is 14.0 Å². The summed E-state index contributed by atoms with van der Waals surface area (Å²) in [6.45, 7) is 2.84. The van der Waals surface area contributed by atoms with E-state index in [2.05, 4.69) is 15.1 Å². The molecule has 8 nitrogen and oxygen atoms in total. The van der Waals surface area contributed by atoms with Crippen LogP contribution in [0.3, 0.4) is 0 Å². The number of methoxy groups -OCH3 is 1. The van der Waals surface area contributed by atoms with E-state index in [1.165, 1.54) is 18.2 Å². The molecule has 2 aromatic carbocycles. The molecular weight excluding hydrogens is 473 g/mol. The molecule has 1 aliphatic heterocycles. The monoisotopic (exact) mass is 503 g/mol. The molecule has 37 heavy (non-hydrogen) atoms. The van der Waals surface area contributed by atoms with Crippen LogP contribution in [0, 0.1) is 11.7 Å². The average molecular weight is 504 g/mol. The third kappa shape index (κ3) is 6.04. The van der Waals surface area contributed by atoms with Gasteiger partial charge in [0.15, 0.2) is 5.82 Å². The zero-order chi connectivity index (χ0) is 25.8. The summed E-state index contributed by atoms with van der Waals surface area (Å²) in [6, 6.07) is 17.2. The van der Waals surface area contributed by atoms with Gasteiger partial charge in [0.25, 0.3) is 5.91 Å². The Balaban J connectivity index is 1.18. The van der Waals surface area contributed by atoms with Gasteiger partial charge in [0.1, 0.15) is 18.1 Å². The Morgan fingerprint density at radius 1 is 1.00 bits per heavy atom. The van der Waals surface area contributed by atoms with Gasteiger partial charge in [0, 0.05) is 43.9 Å². The van der Waals surface area contributed by atoms with Gasteiger partial charge in [0.05, 0.1) is 12.8 Å². The van der Waals surface area contributed by atoms with Gasteiger partial charge in [-0.2, -0.15) is 0 Å². The maximum Gasteiger partial charge on any atom is 0.254 e. The van der Waals surface area contributed by atoms with Gasteiger partial charge in [-0.3, -0.25) is 9.59 Å².